The maximum absolute atomic E-state index is 4.73. The molecule has 17 heavy (non-hydrogen) atoms. The molecule has 3 rings (SSSR count). The standard InChI is InChI=1S/C14H22N2S/c1-9-10(2)17-13(16-9)7-14(8-15-3)5-11-4-12(11)6-14/h11-12,15H,4-8H2,1-3H3. The molecular weight excluding hydrogens is 228 g/mol. The molecule has 0 radical (unpaired) electrons. The predicted octanol–water partition coefficient (Wildman–Crippen LogP) is 2.94. The van der Waals surface area contributed by atoms with Crippen molar-refractivity contribution in [2.24, 2.45) is 17.3 Å². The molecule has 2 unspecified atom stereocenters. The summed E-state index contributed by atoms with van der Waals surface area (Å²) in [7, 11) is 2.09. The first-order chi connectivity index (χ1) is 8.12. The molecule has 0 aromatic carbocycles. The Kier molecular flexibility index (Phi) is 2.79. The molecule has 1 heterocycles. The van der Waals surface area contributed by atoms with Gasteiger partial charge in [-0.05, 0) is 57.4 Å². The van der Waals surface area contributed by atoms with E-state index in [1.54, 1.807) is 0 Å². The molecule has 0 bridgehead atoms. The maximum Gasteiger partial charge on any atom is 0.0936 e. The van der Waals surface area contributed by atoms with Crippen molar-refractivity contribution in [2.45, 2.75) is 39.5 Å². The molecule has 0 amide bonds. The Labute approximate surface area is 108 Å². The fourth-order valence-corrected chi connectivity index (χ4v) is 4.78. The Balaban J connectivity index is 1.76. The van der Waals surface area contributed by atoms with E-state index in [4.69, 9.17) is 4.98 Å². The quantitative estimate of drug-likeness (QED) is 0.888. The first-order valence-corrected chi connectivity index (χ1v) is 7.51. The lowest BCUT2D eigenvalue weighted by Crippen LogP contribution is -2.33. The fraction of sp³-hybridized carbons (Fsp3) is 0.786. The number of hydrogen-bond acceptors (Lipinski definition) is 3. The summed E-state index contributed by atoms with van der Waals surface area (Å²) in [4.78, 5) is 6.12. The summed E-state index contributed by atoms with van der Waals surface area (Å²) >= 11 is 1.90. The lowest BCUT2D eigenvalue weighted by Gasteiger charge is -2.29. The molecule has 0 saturated heterocycles. The monoisotopic (exact) mass is 250 g/mol. The van der Waals surface area contributed by atoms with Gasteiger partial charge >= 0.3 is 0 Å². The Morgan fingerprint density at radius 2 is 2.06 bits per heavy atom. The van der Waals surface area contributed by atoms with Crippen LogP contribution in [0.15, 0.2) is 0 Å². The Hall–Kier alpha value is -0.410. The molecule has 2 atom stereocenters. The molecule has 2 fully saturated rings. The number of aromatic nitrogens is 1. The summed E-state index contributed by atoms with van der Waals surface area (Å²) in [5, 5.41) is 4.77. The molecular formula is C14H22N2S. The van der Waals surface area contributed by atoms with E-state index in [1.165, 1.54) is 41.3 Å². The van der Waals surface area contributed by atoms with Crippen LogP contribution in [-0.2, 0) is 6.42 Å². The lowest BCUT2D eigenvalue weighted by molar-refractivity contribution is 0.255. The maximum atomic E-state index is 4.73. The second-order valence-corrected chi connectivity index (χ2v) is 7.41. The van der Waals surface area contributed by atoms with Crippen molar-refractivity contribution in [2.75, 3.05) is 13.6 Å². The minimum atomic E-state index is 0.513. The molecule has 1 N–H and O–H groups in total. The Morgan fingerprint density at radius 3 is 2.59 bits per heavy atom. The van der Waals surface area contributed by atoms with E-state index in [1.807, 2.05) is 11.3 Å². The highest BCUT2D eigenvalue weighted by molar-refractivity contribution is 7.11. The summed E-state index contributed by atoms with van der Waals surface area (Å²) in [6.07, 6.45) is 5.55. The smallest absolute Gasteiger partial charge is 0.0936 e. The van der Waals surface area contributed by atoms with Crippen LogP contribution >= 0.6 is 11.3 Å². The molecule has 94 valence electrons. The van der Waals surface area contributed by atoms with Gasteiger partial charge in [0.2, 0.25) is 0 Å². The number of nitrogens with zero attached hydrogens (tertiary/aromatic N) is 1. The van der Waals surface area contributed by atoms with Gasteiger partial charge in [-0.25, -0.2) is 4.98 Å². The van der Waals surface area contributed by atoms with Crippen LogP contribution in [0.25, 0.3) is 0 Å². The summed E-state index contributed by atoms with van der Waals surface area (Å²) < 4.78 is 0. The van der Waals surface area contributed by atoms with Crippen LogP contribution in [0.4, 0.5) is 0 Å². The van der Waals surface area contributed by atoms with Gasteiger partial charge in [0, 0.05) is 17.8 Å². The van der Waals surface area contributed by atoms with Gasteiger partial charge in [0.15, 0.2) is 0 Å². The minimum absolute atomic E-state index is 0.513. The largest absolute Gasteiger partial charge is 0.319 e. The average Bonchev–Trinajstić information content (AvgIpc) is 2.74. The zero-order valence-electron chi connectivity index (χ0n) is 11.0. The third-order valence-electron chi connectivity index (χ3n) is 4.61. The summed E-state index contributed by atoms with van der Waals surface area (Å²) in [5.74, 6) is 2.09. The lowest BCUT2D eigenvalue weighted by atomic mass is 9.80. The Bertz CT molecular complexity index is 394. The second kappa shape index (κ2) is 4.06. The van der Waals surface area contributed by atoms with Gasteiger partial charge in [0.1, 0.15) is 0 Å². The van der Waals surface area contributed by atoms with E-state index in [0.717, 1.165) is 18.4 Å². The van der Waals surface area contributed by atoms with Crippen molar-refractivity contribution in [1.29, 1.82) is 0 Å². The predicted molar refractivity (Wildman–Crippen MR) is 72.5 cm³/mol. The van der Waals surface area contributed by atoms with Crippen molar-refractivity contribution in [3.05, 3.63) is 15.6 Å². The number of rotatable bonds is 4. The zero-order chi connectivity index (χ0) is 12.0. The van der Waals surface area contributed by atoms with Crippen molar-refractivity contribution < 1.29 is 0 Å². The zero-order valence-corrected chi connectivity index (χ0v) is 11.9. The second-order valence-electron chi connectivity index (χ2n) is 6.12. The third kappa shape index (κ3) is 2.15. The third-order valence-corrected chi connectivity index (χ3v) is 5.68. The highest BCUT2D eigenvalue weighted by Gasteiger charge is 2.53. The van der Waals surface area contributed by atoms with E-state index in [9.17, 15) is 0 Å². The van der Waals surface area contributed by atoms with Crippen molar-refractivity contribution >= 4 is 11.3 Å². The molecule has 2 nitrogen and oxygen atoms in total. The van der Waals surface area contributed by atoms with Crippen LogP contribution in [0.3, 0.4) is 0 Å². The van der Waals surface area contributed by atoms with Crippen LogP contribution in [0.1, 0.15) is 34.8 Å². The molecule has 2 aliphatic rings. The minimum Gasteiger partial charge on any atom is -0.319 e. The topological polar surface area (TPSA) is 24.9 Å². The van der Waals surface area contributed by atoms with Crippen molar-refractivity contribution in [1.82, 2.24) is 10.3 Å². The van der Waals surface area contributed by atoms with Crippen LogP contribution in [0, 0.1) is 31.1 Å². The van der Waals surface area contributed by atoms with Crippen molar-refractivity contribution in [3.8, 4) is 0 Å². The number of hydrogen-bond donors (Lipinski definition) is 1. The van der Waals surface area contributed by atoms with Crippen LogP contribution in [0.5, 0.6) is 0 Å². The molecule has 1 aromatic rings. The molecule has 3 heteroatoms. The molecule has 0 spiro atoms. The number of fused-ring (bicyclic) bond motifs is 1. The SMILES string of the molecule is CNCC1(Cc2nc(C)c(C)s2)CC2CC2C1. The van der Waals surface area contributed by atoms with Gasteiger partial charge in [0.05, 0.1) is 10.7 Å². The molecule has 2 aliphatic carbocycles. The first-order valence-electron chi connectivity index (χ1n) is 6.69. The summed E-state index contributed by atoms with van der Waals surface area (Å²) in [6, 6.07) is 0. The molecule has 1 aromatic heterocycles. The van der Waals surface area contributed by atoms with Crippen molar-refractivity contribution in [3.63, 3.8) is 0 Å². The highest BCUT2D eigenvalue weighted by Crippen LogP contribution is 2.60. The van der Waals surface area contributed by atoms with Gasteiger partial charge in [-0.15, -0.1) is 11.3 Å². The van der Waals surface area contributed by atoms with E-state index < -0.39 is 0 Å². The van der Waals surface area contributed by atoms with Gasteiger partial charge in [-0.3, -0.25) is 0 Å². The van der Waals surface area contributed by atoms with Gasteiger partial charge in [0.25, 0.3) is 0 Å². The van der Waals surface area contributed by atoms with E-state index in [0.29, 0.717) is 5.41 Å². The van der Waals surface area contributed by atoms with E-state index in [2.05, 4.69) is 26.2 Å². The molecule has 2 saturated carbocycles. The Morgan fingerprint density at radius 1 is 1.35 bits per heavy atom. The van der Waals surface area contributed by atoms with Crippen LogP contribution < -0.4 is 5.32 Å². The fourth-order valence-electron chi connectivity index (χ4n) is 3.67. The molecule has 0 aliphatic heterocycles. The number of aryl methyl sites for hydroxylation is 2. The summed E-state index contributed by atoms with van der Waals surface area (Å²) in [5.41, 5.74) is 1.74. The van der Waals surface area contributed by atoms with Crippen LogP contribution in [0.2, 0.25) is 0 Å². The highest BCUT2D eigenvalue weighted by atomic mass is 32.1. The van der Waals surface area contributed by atoms with E-state index >= 15 is 0 Å². The van der Waals surface area contributed by atoms with Gasteiger partial charge < -0.3 is 5.32 Å². The van der Waals surface area contributed by atoms with Crippen LogP contribution in [-0.4, -0.2) is 18.6 Å². The number of nitrogens with one attached hydrogen (secondary N) is 1. The number of thiazole rings is 1. The van der Waals surface area contributed by atoms with Gasteiger partial charge in [-0.1, -0.05) is 0 Å². The normalized spacial score (nSPS) is 35.0. The van der Waals surface area contributed by atoms with E-state index in [-0.39, 0.29) is 0 Å². The average molecular weight is 250 g/mol. The summed E-state index contributed by atoms with van der Waals surface area (Å²) in [6.45, 7) is 5.48. The van der Waals surface area contributed by atoms with Gasteiger partial charge in [-0.2, -0.15) is 0 Å². The first kappa shape index (κ1) is 11.7.